The summed E-state index contributed by atoms with van der Waals surface area (Å²) in [5, 5.41) is 0. The third kappa shape index (κ3) is 3.52. The molecule has 1 aliphatic rings. The second-order valence-electron chi connectivity index (χ2n) is 6.76. The fourth-order valence-electron chi connectivity index (χ4n) is 3.52. The molecule has 148 valence electrons. The molecular weight excluding hydrogens is 360 g/mol. The number of esters is 2. The number of amides is 1. The van der Waals surface area contributed by atoms with Crippen LogP contribution in [0, 0.1) is 13.8 Å². The lowest BCUT2D eigenvalue weighted by molar-refractivity contribution is -0.126. The largest absolute Gasteiger partial charge is 0.462 e. The summed E-state index contributed by atoms with van der Waals surface area (Å²) in [6.07, 6.45) is -0.173. The van der Waals surface area contributed by atoms with E-state index >= 15 is 0 Å². The number of aryl methyl sites for hydroxylation is 1. The number of para-hydroxylation sites is 1. The molecule has 1 amide bonds. The second-order valence-corrected chi connectivity index (χ2v) is 6.76. The summed E-state index contributed by atoms with van der Waals surface area (Å²) in [6, 6.07) is 7.69. The number of hydrogen-bond acceptors (Lipinski definition) is 5. The molecule has 1 aromatic carbocycles. The summed E-state index contributed by atoms with van der Waals surface area (Å²) in [7, 11) is 0. The van der Waals surface area contributed by atoms with Gasteiger partial charge in [0.2, 0.25) is 0 Å². The minimum Gasteiger partial charge on any atom is -0.462 e. The first-order valence-electron chi connectivity index (χ1n) is 9.31. The molecule has 7 heteroatoms. The molecule has 0 unspecified atom stereocenters. The summed E-state index contributed by atoms with van der Waals surface area (Å²) in [4.78, 5) is 42.0. The first-order chi connectivity index (χ1) is 13.3. The zero-order chi connectivity index (χ0) is 20.4. The predicted molar refractivity (Wildman–Crippen MR) is 104 cm³/mol. The number of carbonyl (C=O) groups is 3. The van der Waals surface area contributed by atoms with Crippen LogP contribution in [0.4, 0.5) is 5.69 Å². The van der Waals surface area contributed by atoms with Crippen molar-refractivity contribution in [1.82, 2.24) is 4.98 Å². The Morgan fingerprint density at radius 1 is 1.18 bits per heavy atom. The van der Waals surface area contributed by atoms with Gasteiger partial charge >= 0.3 is 11.9 Å². The molecule has 0 saturated heterocycles. The maximum atomic E-state index is 12.8. The van der Waals surface area contributed by atoms with Crippen LogP contribution in [-0.2, 0) is 20.7 Å². The van der Waals surface area contributed by atoms with Crippen LogP contribution in [0.3, 0.4) is 0 Å². The van der Waals surface area contributed by atoms with Gasteiger partial charge in [-0.3, -0.25) is 4.79 Å². The average molecular weight is 384 g/mol. The van der Waals surface area contributed by atoms with Crippen LogP contribution in [0.2, 0.25) is 0 Å². The fraction of sp³-hybridized carbons (Fsp3) is 0.381. The molecule has 0 bridgehead atoms. The van der Waals surface area contributed by atoms with Gasteiger partial charge in [-0.05, 0) is 51.3 Å². The Bertz CT molecular complexity index is 931. The van der Waals surface area contributed by atoms with Crippen LogP contribution >= 0.6 is 0 Å². The van der Waals surface area contributed by atoms with Crippen molar-refractivity contribution in [2.24, 2.45) is 0 Å². The van der Waals surface area contributed by atoms with Gasteiger partial charge in [0.05, 0.1) is 12.2 Å². The maximum absolute atomic E-state index is 12.8. The average Bonchev–Trinajstić information content (AvgIpc) is 3.22. The van der Waals surface area contributed by atoms with Crippen molar-refractivity contribution < 1.29 is 23.9 Å². The molecule has 0 saturated carbocycles. The number of nitrogens with zero attached hydrogens (tertiary/aromatic N) is 1. The van der Waals surface area contributed by atoms with Gasteiger partial charge in [-0.25, -0.2) is 9.59 Å². The van der Waals surface area contributed by atoms with E-state index in [-0.39, 0.29) is 18.2 Å². The zero-order valence-corrected chi connectivity index (χ0v) is 16.5. The third-order valence-corrected chi connectivity index (χ3v) is 4.91. The number of aromatic nitrogens is 1. The standard InChI is InChI=1S/C21H24N2O5/c1-5-27-20(25)17-12(2)18(22-13(17)3)21(26)28-14(4)19(24)23-11-10-15-8-6-7-9-16(15)23/h6-9,14,22H,5,10-11H2,1-4H3/t14-/m0/s1. The molecule has 3 rings (SSSR count). The normalized spacial score (nSPS) is 13.8. The van der Waals surface area contributed by atoms with Crippen LogP contribution in [0.25, 0.3) is 0 Å². The number of carbonyl (C=O) groups excluding carboxylic acids is 3. The lowest BCUT2D eigenvalue weighted by Gasteiger charge is -2.21. The van der Waals surface area contributed by atoms with Crippen molar-refractivity contribution in [3.63, 3.8) is 0 Å². The number of hydrogen-bond donors (Lipinski definition) is 1. The minimum atomic E-state index is -0.951. The first kappa shape index (κ1) is 19.7. The highest BCUT2D eigenvalue weighted by atomic mass is 16.5. The predicted octanol–water partition coefficient (Wildman–Crippen LogP) is 2.94. The smallest absolute Gasteiger partial charge is 0.355 e. The summed E-state index contributed by atoms with van der Waals surface area (Å²) >= 11 is 0. The number of H-pyrrole nitrogens is 1. The Hall–Kier alpha value is -3.09. The highest BCUT2D eigenvalue weighted by Crippen LogP contribution is 2.28. The molecule has 1 atom stereocenters. The second kappa shape index (κ2) is 7.88. The van der Waals surface area contributed by atoms with Crippen molar-refractivity contribution >= 4 is 23.5 Å². The van der Waals surface area contributed by atoms with Crippen LogP contribution < -0.4 is 4.90 Å². The Kier molecular flexibility index (Phi) is 5.53. The molecule has 0 aliphatic carbocycles. The van der Waals surface area contributed by atoms with E-state index in [4.69, 9.17) is 9.47 Å². The van der Waals surface area contributed by atoms with Gasteiger partial charge in [0.25, 0.3) is 5.91 Å². The lowest BCUT2D eigenvalue weighted by atomic mass is 10.1. The summed E-state index contributed by atoms with van der Waals surface area (Å²) in [5.41, 5.74) is 3.40. The molecule has 0 radical (unpaired) electrons. The van der Waals surface area contributed by atoms with Gasteiger partial charge in [0.15, 0.2) is 6.10 Å². The number of aromatic amines is 1. The third-order valence-electron chi connectivity index (χ3n) is 4.91. The van der Waals surface area contributed by atoms with E-state index in [2.05, 4.69) is 4.98 Å². The van der Waals surface area contributed by atoms with E-state index in [1.807, 2.05) is 24.3 Å². The number of benzene rings is 1. The number of rotatable bonds is 5. The van der Waals surface area contributed by atoms with Crippen molar-refractivity contribution in [1.29, 1.82) is 0 Å². The van der Waals surface area contributed by atoms with Crippen molar-refractivity contribution in [3.05, 3.63) is 52.3 Å². The van der Waals surface area contributed by atoms with Gasteiger partial charge in [-0.1, -0.05) is 18.2 Å². The number of nitrogens with one attached hydrogen (secondary N) is 1. The van der Waals surface area contributed by atoms with Crippen LogP contribution in [0.5, 0.6) is 0 Å². The van der Waals surface area contributed by atoms with E-state index in [1.54, 1.807) is 32.6 Å². The Balaban J connectivity index is 1.74. The van der Waals surface area contributed by atoms with Crippen LogP contribution in [0.1, 0.15) is 51.5 Å². The highest BCUT2D eigenvalue weighted by Gasteiger charge is 2.31. The molecule has 0 fully saturated rings. The topological polar surface area (TPSA) is 88.7 Å². The van der Waals surface area contributed by atoms with E-state index in [0.29, 0.717) is 23.4 Å². The van der Waals surface area contributed by atoms with Gasteiger partial charge in [0.1, 0.15) is 5.69 Å². The fourth-order valence-corrected chi connectivity index (χ4v) is 3.52. The van der Waals surface area contributed by atoms with Gasteiger partial charge in [-0.2, -0.15) is 0 Å². The minimum absolute atomic E-state index is 0.155. The van der Waals surface area contributed by atoms with Gasteiger partial charge < -0.3 is 19.4 Å². The molecular formula is C21H24N2O5. The molecule has 2 heterocycles. The molecule has 0 spiro atoms. The molecule has 1 N–H and O–H groups in total. The summed E-state index contributed by atoms with van der Waals surface area (Å²) in [5.74, 6) is -1.44. The molecule has 7 nitrogen and oxygen atoms in total. The lowest BCUT2D eigenvalue weighted by Crippen LogP contribution is -2.39. The van der Waals surface area contributed by atoms with Gasteiger partial charge in [-0.15, -0.1) is 0 Å². The quantitative estimate of drug-likeness (QED) is 0.801. The maximum Gasteiger partial charge on any atom is 0.355 e. The highest BCUT2D eigenvalue weighted by molar-refractivity contribution is 6.02. The SMILES string of the molecule is CCOC(=O)c1c(C)[nH]c(C(=O)O[C@@H](C)C(=O)N2CCc3ccccc32)c1C. The van der Waals surface area contributed by atoms with Crippen LogP contribution in [0.15, 0.2) is 24.3 Å². The number of ether oxygens (including phenoxy) is 2. The van der Waals surface area contributed by atoms with Crippen LogP contribution in [-0.4, -0.2) is 42.1 Å². The number of fused-ring (bicyclic) bond motifs is 1. The zero-order valence-electron chi connectivity index (χ0n) is 16.5. The van der Waals surface area contributed by atoms with Gasteiger partial charge in [0, 0.05) is 17.9 Å². The van der Waals surface area contributed by atoms with E-state index in [9.17, 15) is 14.4 Å². The number of anilines is 1. The van der Waals surface area contributed by atoms with E-state index in [1.165, 1.54) is 0 Å². The van der Waals surface area contributed by atoms with Crippen molar-refractivity contribution in [2.45, 2.75) is 40.2 Å². The Morgan fingerprint density at radius 2 is 1.89 bits per heavy atom. The monoisotopic (exact) mass is 384 g/mol. The molecule has 1 aliphatic heterocycles. The van der Waals surface area contributed by atoms with E-state index < -0.39 is 18.0 Å². The first-order valence-corrected chi connectivity index (χ1v) is 9.31. The molecule has 1 aromatic heterocycles. The summed E-state index contributed by atoms with van der Waals surface area (Å²) in [6.45, 7) is 7.41. The van der Waals surface area contributed by atoms with Crippen molar-refractivity contribution in [2.75, 3.05) is 18.1 Å². The van der Waals surface area contributed by atoms with Crippen molar-refractivity contribution in [3.8, 4) is 0 Å². The Labute approximate surface area is 163 Å². The molecule has 28 heavy (non-hydrogen) atoms. The molecule has 2 aromatic rings. The Morgan fingerprint density at radius 3 is 2.61 bits per heavy atom. The van der Waals surface area contributed by atoms with E-state index in [0.717, 1.165) is 17.7 Å². The summed E-state index contributed by atoms with van der Waals surface area (Å²) < 4.78 is 10.4.